The van der Waals surface area contributed by atoms with Gasteiger partial charge >= 0.3 is 0 Å². The molecule has 146 valence electrons. The van der Waals surface area contributed by atoms with Gasteiger partial charge in [-0.25, -0.2) is 4.99 Å². The zero-order valence-corrected chi connectivity index (χ0v) is 18.8. The maximum absolute atomic E-state index is 12.3. The normalized spacial score (nSPS) is 16.6. The smallest absolute Gasteiger partial charge is 0.264 e. The van der Waals surface area contributed by atoms with E-state index < -0.39 is 0 Å². The van der Waals surface area contributed by atoms with Gasteiger partial charge in [0.2, 0.25) is 0 Å². The second-order valence-corrected chi connectivity index (χ2v) is 8.84. The molecule has 1 saturated heterocycles. The van der Waals surface area contributed by atoms with Crippen molar-refractivity contribution >= 4 is 62.1 Å². The largest absolute Gasteiger partial charge is 0.457 e. The maximum atomic E-state index is 12.3. The predicted octanol–water partition coefficient (Wildman–Crippen LogP) is 6.87. The molecule has 1 aliphatic heterocycles. The van der Waals surface area contributed by atoms with Gasteiger partial charge < -0.3 is 9.73 Å². The first-order valence-corrected chi connectivity index (χ1v) is 10.8. The number of carbonyl (C=O) groups excluding carboxylic acids is 1. The van der Waals surface area contributed by atoms with Crippen LogP contribution in [0.15, 0.2) is 67.3 Å². The lowest BCUT2D eigenvalue weighted by Crippen LogP contribution is -2.19. The van der Waals surface area contributed by atoms with Crippen LogP contribution in [0.4, 0.5) is 5.69 Å². The van der Waals surface area contributed by atoms with Gasteiger partial charge in [0.25, 0.3) is 5.91 Å². The summed E-state index contributed by atoms with van der Waals surface area (Å²) in [5.74, 6) is 1.13. The van der Waals surface area contributed by atoms with Crippen LogP contribution >= 0.6 is 39.3 Å². The summed E-state index contributed by atoms with van der Waals surface area (Å²) < 4.78 is 6.90. The number of thioether (sulfide) groups is 1. The molecule has 1 aliphatic rings. The first kappa shape index (κ1) is 20.0. The van der Waals surface area contributed by atoms with E-state index in [-0.39, 0.29) is 5.91 Å². The summed E-state index contributed by atoms with van der Waals surface area (Å²) in [6.07, 6.45) is 1.72. The van der Waals surface area contributed by atoms with Crippen LogP contribution in [0.25, 0.3) is 17.4 Å². The molecule has 1 aromatic heterocycles. The Morgan fingerprint density at radius 3 is 2.79 bits per heavy atom. The van der Waals surface area contributed by atoms with E-state index in [0.717, 1.165) is 32.6 Å². The molecule has 4 nitrogen and oxygen atoms in total. The Morgan fingerprint density at radius 1 is 1.17 bits per heavy atom. The Morgan fingerprint density at radius 2 is 2.00 bits per heavy atom. The number of nitrogens with zero attached hydrogens (tertiary/aromatic N) is 1. The minimum absolute atomic E-state index is 0.206. The van der Waals surface area contributed by atoms with Crippen LogP contribution in [0.1, 0.15) is 16.9 Å². The lowest BCUT2D eigenvalue weighted by molar-refractivity contribution is -0.115. The van der Waals surface area contributed by atoms with E-state index in [1.54, 1.807) is 6.08 Å². The number of hydrogen-bond donors (Lipinski definition) is 1. The second-order valence-electron chi connectivity index (χ2n) is 6.55. The average Bonchev–Trinajstić information content (AvgIpc) is 3.26. The summed E-state index contributed by atoms with van der Waals surface area (Å²) in [7, 11) is 0. The first-order valence-electron chi connectivity index (χ1n) is 8.82. The van der Waals surface area contributed by atoms with E-state index in [4.69, 9.17) is 16.0 Å². The lowest BCUT2D eigenvalue weighted by atomic mass is 10.1. The van der Waals surface area contributed by atoms with Crippen LogP contribution in [0, 0.1) is 13.8 Å². The molecule has 2 heterocycles. The fraction of sp³-hybridized carbons (Fsp3) is 0.0909. The van der Waals surface area contributed by atoms with Gasteiger partial charge in [-0.05, 0) is 73.1 Å². The first-order chi connectivity index (χ1) is 13.9. The van der Waals surface area contributed by atoms with Gasteiger partial charge in [-0.2, -0.15) is 0 Å². The topological polar surface area (TPSA) is 54.6 Å². The summed E-state index contributed by atoms with van der Waals surface area (Å²) in [6.45, 7) is 3.93. The molecule has 0 radical (unpaired) electrons. The highest BCUT2D eigenvalue weighted by atomic mass is 79.9. The molecule has 4 rings (SSSR count). The fourth-order valence-corrected chi connectivity index (χ4v) is 4.50. The maximum Gasteiger partial charge on any atom is 0.264 e. The number of benzene rings is 2. The van der Waals surface area contributed by atoms with Crippen LogP contribution in [0.2, 0.25) is 5.02 Å². The van der Waals surface area contributed by atoms with Gasteiger partial charge in [0, 0.05) is 21.1 Å². The molecule has 2 aromatic carbocycles. The van der Waals surface area contributed by atoms with Crippen molar-refractivity contribution in [1.82, 2.24) is 5.32 Å². The zero-order valence-electron chi connectivity index (χ0n) is 15.6. The number of aryl methyl sites for hydroxylation is 1. The number of rotatable bonds is 3. The molecular formula is C22H16BrClN2O2S. The standard InChI is InChI=1S/C22H16BrClN2O2S/c1-12-6-8-15(16(23)10-12)19-9-7-14(28-19)11-20-21(27)26-22(29-20)25-18-5-3-4-17(24)13(18)2/h3-11H,1-2H3,(H,25,26,27)/b20-11-. The highest BCUT2D eigenvalue weighted by Gasteiger charge is 2.24. The van der Waals surface area contributed by atoms with Gasteiger partial charge in [0.15, 0.2) is 5.17 Å². The van der Waals surface area contributed by atoms with Crippen molar-refractivity contribution in [2.24, 2.45) is 4.99 Å². The van der Waals surface area contributed by atoms with Crippen LogP contribution < -0.4 is 5.32 Å². The number of nitrogens with one attached hydrogen (secondary N) is 1. The predicted molar refractivity (Wildman–Crippen MR) is 124 cm³/mol. The van der Waals surface area contributed by atoms with Crippen molar-refractivity contribution in [3.05, 3.63) is 79.8 Å². The van der Waals surface area contributed by atoms with Crippen molar-refractivity contribution in [2.45, 2.75) is 13.8 Å². The fourth-order valence-electron chi connectivity index (χ4n) is 2.83. The Labute approximate surface area is 186 Å². The molecule has 1 N–H and O–H groups in total. The molecule has 0 saturated carbocycles. The Kier molecular flexibility index (Phi) is 5.67. The third kappa shape index (κ3) is 4.34. The minimum atomic E-state index is -0.206. The summed E-state index contributed by atoms with van der Waals surface area (Å²) >= 11 is 11.0. The van der Waals surface area contributed by atoms with E-state index in [1.807, 2.05) is 62.4 Å². The molecular weight excluding hydrogens is 472 g/mol. The summed E-state index contributed by atoms with van der Waals surface area (Å²) in [4.78, 5) is 17.4. The third-order valence-corrected chi connectivity index (χ3v) is 6.38. The number of amides is 1. The van der Waals surface area contributed by atoms with Crippen molar-refractivity contribution in [3.8, 4) is 11.3 Å². The van der Waals surface area contributed by atoms with Crippen molar-refractivity contribution in [1.29, 1.82) is 0 Å². The quantitative estimate of drug-likeness (QED) is 0.410. The molecule has 1 fully saturated rings. The highest BCUT2D eigenvalue weighted by Crippen LogP contribution is 2.34. The number of furan rings is 1. The Balaban J connectivity index is 1.58. The third-order valence-electron chi connectivity index (χ3n) is 4.40. The van der Waals surface area contributed by atoms with Gasteiger partial charge in [0.1, 0.15) is 11.5 Å². The zero-order chi connectivity index (χ0) is 20.5. The number of halogens is 2. The van der Waals surface area contributed by atoms with Crippen molar-refractivity contribution < 1.29 is 9.21 Å². The molecule has 29 heavy (non-hydrogen) atoms. The van der Waals surface area contributed by atoms with E-state index in [1.165, 1.54) is 11.8 Å². The second kappa shape index (κ2) is 8.22. The minimum Gasteiger partial charge on any atom is -0.457 e. The number of carbonyl (C=O) groups is 1. The SMILES string of the molecule is Cc1ccc(-c2ccc(/C=C3\SC(=Nc4cccc(Cl)c4C)NC3=O)o2)c(Br)c1. The molecule has 0 spiro atoms. The number of hydrogen-bond acceptors (Lipinski definition) is 4. The molecule has 1 amide bonds. The van der Waals surface area contributed by atoms with E-state index in [2.05, 4.69) is 26.2 Å². The highest BCUT2D eigenvalue weighted by molar-refractivity contribution is 9.10. The molecule has 0 atom stereocenters. The summed E-state index contributed by atoms with van der Waals surface area (Å²) in [6, 6.07) is 15.3. The van der Waals surface area contributed by atoms with E-state index >= 15 is 0 Å². The summed E-state index contributed by atoms with van der Waals surface area (Å²) in [5.41, 5.74) is 3.72. The van der Waals surface area contributed by atoms with Gasteiger partial charge in [-0.3, -0.25) is 4.79 Å². The molecule has 0 unspecified atom stereocenters. The van der Waals surface area contributed by atoms with Crippen LogP contribution in [0.5, 0.6) is 0 Å². The van der Waals surface area contributed by atoms with Crippen LogP contribution in [-0.2, 0) is 4.79 Å². The van der Waals surface area contributed by atoms with Crippen LogP contribution in [-0.4, -0.2) is 11.1 Å². The molecule has 3 aromatic rings. The number of amidine groups is 1. The molecule has 0 bridgehead atoms. The van der Waals surface area contributed by atoms with Crippen LogP contribution in [0.3, 0.4) is 0 Å². The number of aliphatic imine (C=N–C) groups is 1. The van der Waals surface area contributed by atoms with E-state index in [9.17, 15) is 4.79 Å². The van der Waals surface area contributed by atoms with E-state index in [0.29, 0.717) is 20.9 Å². The molecule has 0 aliphatic carbocycles. The monoisotopic (exact) mass is 486 g/mol. The lowest BCUT2D eigenvalue weighted by Gasteiger charge is -2.02. The molecule has 7 heteroatoms. The Hall–Kier alpha value is -2.28. The Bertz CT molecular complexity index is 1180. The van der Waals surface area contributed by atoms with Gasteiger partial charge in [-0.1, -0.05) is 39.7 Å². The summed E-state index contributed by atoms with van der Waals surface area (Å²) in [5, 5.41) is 3.94. The van der Waals surface area contributed by atoms with Gasteiger partial charge in [-0.15, -0.1) is 0 Å². The average molecular weight is 488 g/mol. The van der Waals surface area contributed by atoms with Crippen molar-refractivity contribution in [3.63, 3.8) is 0 Å². The van der Waals surface area contributed by atoms with Crippen molar-refractivity contribution in [2.75, 3.05) is 0 Å². The van der Waals surface area contributed by atoms with Gasteiger partial charge in [0.05, 0.1) is 10.6 Å².